The molecule has 1 aromatic rings. The fourth-order valence-electron chi connectivity index (χ4n) is 3.18. The first-order valence-corrected chi connectivity index (χ1v) is 8.58. The van der Waals surface area contributed by atoms with Gasteiger partial charge in [-0.25, -0.2) is 0 Å². The van der Waals surface area contributed by atoms with E-state index in [1.165, 1.54) is 4.90 Å². The summed E-state index contributed by atoms with van der Waals surface area (Å²) >= 11 is 0. The van der Waals surface area contributed by atoms with Crippen LogP contribution in [0.3, 0.4) is 0 Å². The summed E-state index contributed by atoms with van der Waals surface area (Å²) in [6.07, 6.45) is -1.45. The van der Waals surface area contributed by atoms with Crippen molar-refractivity contribution in [3.05, 3.63) is 35.9 Å². The predicted molar refractivity (Wildman–Crippen MR) is 91.6 cm³/mol. The fourth-order valence-corrected chi connectivity index (χ4v) is 3.18. The zero-order valence-corrected chi connectivity index (χ0v) is 14.3. The quantitative estimate of drug-likeness (QED) is 0.527. The fraction of sp³-hybridized carbons (Fsp3) is 0.556. The van der Waals surface area contributed by atoms with Crippen molar-refractivity contribution in [1.29, 1.82) is 0 Å². The molecular weight excluding hydrogens is 324 g/mol. The standard InChI is InChI=1S/C18H26N2O5/c1-2-15(22)19-10-13-17(24)18(25)14(11-21)20(13)16(23)9-8-12-6-4-3-5-7-12/h3-7,13-14,17-18,21,24-25H,2,8-11H2,1H3,(H,19,22)/t13-,14-,17-,18-/m1/s1. The maximum Gasteiger partial charge on any atom is 0.223 e. The third-order valence-corrected chi connectivity index (χ3v) is 4.63. The number of carbonyl (C=O) groups is 2. The van der Waals surface area contributed by atoms with E-state index in [-0.39, 0.29) is 31.2 Å². The number of nitrogens with one attached hydrogen (secondary N) is 1. The molecule has 25 heavy (non-hydrogen) atoms. The van der Waals surface area contributed by atoms with Gasteiger partial charge in [0.15, 0.2) is 0 Å². The maximum atomic E-state index is 12.7. The summed E-state index contributed by atoms with van der Waals surface area (Å²) in [5.41, 5.74) is 1.01. The summed E-state index contributed by atoms with van der Waals surface area (Å²) in [7, 11) is 0. The van der Waals surface area contributed by atoms with E-state index in [9.17, 15) is 24.9 Å². The molecular formula is C18H26N2O5. The third-order valence-electron chi connectivity index (χ3n) is 4.63. The van der Waals surface area contributed by atoms with E-state index in [2.05, 4.69) is 5.32 Å². The summed E-state index contributed by atoms with van der Waals surface area (Å²) in [6.45, 7) is 1.29. The molecule has 2 rings (SSSR count). The molecule has 1 aliphatic rings. The van der Waals surface area contributed by atoms with Gasteiger partial charge >= 0.3 is 0 Å². The van der Waals surface area contributed by atoms with Crippen LogP contribution in [0.25, 0.3) is 0 Å². The second-order valence-electron chi connectivity index (χ2n) is 6.24. The molecule has 0 saturated carbocycles. The lowest BCUT2D eigenvalue weighted by Gasteiger charge is -2.30. The molecule has 0 radical (unpaired) electrons. The Morgan fingerprint density at radius 3 is 2.36 bits per heavy atom. The largest absolute Gasteiger partial charge is 0.394 e. The Labute approximate surface area is 147 Å². The van der Waals surface area contributed by atoms with Crippen LogP contribution in [0.5, 0.6) is 0 Å². The summed E-state index contributed by atoms with van der Waals surface area (Å²) in [5, 5.41) is 32.6. The SMILES string of the molecule is CCC(=O)NC[C@@H]1[C@@H](O)[C@H](O)[C@@H](CO)N1C(=O)CCc1ccccc1. The van der Waals surface area contributed by atoms with Gasteiger partial charge in [-0.2, -0.15) is 0 Å². The van der Waals surface area contributed by atoms with Crippen molar-refractivity contribution in [2.24, 2.45) is 0 Å². The lowest BCUT2D eigenvalue weighted by Crippen LogP contribution is -2.50. The molecule has 1 heterocycles. The second kappa shape index (κ2) is 8.94. The van der Waals surface area contributed by atoms with Crippen molar-refractivity contribution < 1.29 is 24.9 Å². The lowest BCUT2D eigenvalue weighted by atomic mass is 10.1. The van der Waals surface area contributed by atoms with E-state index in [0.717, 1.165) is 5.56 Å². The van der Waals surface area contributed by atoms with Gasteiger partial charge in [-0.3, -0.25) is 9.59 Å². The highest BCUT2D eigenvalue weighted by Gasteiger charge is 2.49. The number of amides is 2. The number of hydrogen-bond acceptors (Lipinski definition) is 5. The normalized spacial score (nSPS) is 25.8. The first-order valence-electron chi connectivity index (χ1n) is 8.58. The number of carbonyl (C=O) groups excluding carboxylic acids is 2. The van der Waals surface area contributed by atoms with Gasteiger partial charge in [0.2, 0.25) is 11.8 Å². The Balaban J connectivity index is 2.08. The van der Waals surface area contributed by atoms with Crippen LogP contribution in [0.4, 0.5) is 0 Å². The number of aliphatic hydroxyl groups is 3. The summed E-state index contributed by atoms with van der Waals surface area (Å²) in [5.74, 6) is -0.472. The Morgan fingerprint density at radius 2 is 1.76 bits per heavy atom. The van der Waals surface area contributed by atoms with E-state index in [0.29, 0.717) is 6.42 Å². The van der Waals surface area contributed by atoms with Crippen LogP contribution >= 0.6 is 0 Å². The van der Waals surface area contributed by atoms with Crippen LogP contribution in [0, 0.1) is 0 Å². The Bertz CT molecular complexity index is 580. The first-order chi connectivity index (χ1) is 12.0. The highest BCUT2D eigenvalue weighted by Crippen LogP contribution is 2.26. The molecule has 0 aromatic heterocycles. The molecule has 7 nitrogen and oxygen atoms in total. The summed E-state index contributed by atoms with van der Waals surface area (Å²) < 4.78 is 0. The van der Waals surface area contributed by atoms with Crippen molar-refractivity contribution in [3.63, 3.8) is 0 Å². The van der Waals surface area contributed by atoms with Gasteiger partial charge < -0.3 is 25.5 Å². The van der Waals surface area contributed by atoms with Crippen LogP contribution in [-0.4, -0.2) is 69.5 Å². The van der Waals surface area contributed by atoms with Crippen molar-refractivity contribution in [3.8, 4) is 0 Å². The van der Waals surface area contributed by atoms with Crippen LogP contribution in [0.1, 0.15) is 25.3 Å². The molecule has 138 valence electrons. The average molecular weight is 350 g/mol. The molecule has 7 heteroatoms. The average Bonchev–Trinajstić information content (AvgIpc) is 2.88. The van der Waals surface area contributed by atoms with Crippen LogP contribution in [0.2, 0.25) is 0 Å². The minimum atomic E-state index is -1.24. The van der Waals surface area contributed by atoms with Gasteiger partial charge in [0.25, 0.3) is 0 Å². The molecule has 1 saturated heterocycles. The van der Waals surface area contributed by atoms with E-state index in [4.69, 9.17) is 0 Å². The van der Waals surface area contributed by atoms with Crippen molar-refractivity contribution >= 4 is 11.8 Å². The van der Waals surface area contributed by atoms with Gasteiger partial charge in [-0.05, 0) is 12.0 Å². The molecule has 1 aliphatic heterocycles. The smallest absolute Gasteiger partial charge is 0.223 e. The minimum absolute atomic E-state index is 0.0402. The topological polar surface area (TPSA) is 110 Å². The molecule has 0 aliphatic carbocycles. The first kappa shape index (κ1) is 19.4. The van der Waals surface area contributed by atoms with Gasteiger partial charge in [-0.1, -0.05) is 37.3 Å². The number of hydrogen-bond donors (Lipinski definition) is 4. The zero-order valence-electron chi connectivity index (χ0n) is 14.3. The van der Waals surface area contributed by atoms with Crippen LogP contribution < -0.4 is 5.32 Å². The molecule has 0 bridgehead atoms. The number of aryl methyl sites for hydroxylation is 1. The van der Waals surface area contributed by atoms with Crippen LogP contribution in [0.15, 0.2) is 30.3 Å². The molecule has 4 atom stereocenters. The Kier molecular flexibility index (Phi) is 6.92. The van der Waals surface area contributed by atoms with Crippen molar-refractivity contribution in [1.82, 2.24) is 10.2 Å². The zero-order chi connectivity index (χ0) is 18.4. The molecule has 1 fully saturated rings. The second-order valence-corrected chi connectivity index (χ2v) is 6.24. The van der Waals surface area contributed by atoms with E-state index in [1.54, 1.807) is 6.92 Å². The maximum absolute atomic E-state index is 12.7. The van der Waals surface area contributed by atoms with Crippen molar-refractivity contribution in [2.75, 3.05) is 13.2 Å². The van der Waals surface area contributed by atoms with E-state index in [1.807, 2.05) is 30.3 Å². The number of aliphatic hydroxyl groups excluding tert-OH is 3. The molecule has 4 N–H and O–H groups in total. The van der Waals surface area contributed by atoms with Gasteiger partial charge in [0, 0.05) is 19.4 Å². The summed E-state index contributed by atoms with van der Waals surface area (Å²) in [4.78, 5) is 25.5. The predicted octanol–water partition coefficient (Wildman–Crippen LogP) is -0.561. The monoisotopic (exact) mass is 350 g/mol. The van der Waals surface area contributed by atoms with Gasteiger partial charge in [0.05, 0.1) is 18.7 Å². The van der Waals surface area contributed by atoms with E-state index >= 15 is 0 Å². The Hall–Kier alpha value is -1.96. The minimum Gasteiger partial charge on any atom is -0.394 e. The third kappa shape index (κ3) is 4.56. The number of nitrogens with zero attached hydrogens (tertiary/aromatic N) is 1. The molecule has 0 unspecified atom stereocenters. The highest BCUT2D eigenvalue weighted by atomic mass is 16.3. The van der Waals surface area contributed by atoms with Gasteiger partial charge in [-0.15, -0.1) is 0 Å². The number of rotatable bonds is 7. The number of benzene rings is 1. The Morgan fingerprint density at radius 1 is 1.12 bits per heavy atom. The lowest BCUT2D eigenvalue weighted by molar-refractivity contribution is -0.136. The number of likely N-dealkylation sites (tertiary alicyclic amines) is 1. The van der Waals surface area contributed by atoms with Crippen LogP contribution in [-0.2, 0) is 16.0 Å². The van der Waals surface area contributed by atoms with Gasteiger partial charge in [0.1, 0.15) is 12.2 Å². The molecule has 1 aromatic carbocycles. The summed E-state index contributed by atoms with van der Waals surface area (Å²) in [6, 6.07) is 7.89. The molecule has 0 spiro atoms. The molecule has 2 amide bonds. The van der Waals surface area contributed by atoms with Crippen molar-refractivity contribution in [2.45, 2.75) is 50.5 Å². The van der Waals surface area contributed by atoms with E-state index < -0.39 is 30.9 Å². The highest BCUT2D eigenvalue weighted by molar-refractivity contribution is 5.78.